The van der Waals surface area contributed by atoms with E-state index in [0.29, 0.717) is 22.7 Å². The molecule has 0 radical (unpaired) electrons. The van der Waals surface area contributed by atoms with Gasteiger partial charge in [-0.2, -0.15) is 0 Å². The molecule has 1 aliphatic rings. The van der Waals surface area contributed by atoms with Crippen LogP contribution in [0.5, 0.6) is 11.5 Å². The summed E-state index contributed by atoms with van der Waals surface area (Å²) in [5.74, 6) is -0.396. The van der Waals surface area contributed by atoms with E-state index in [2.05, 4.69) is 24.5 Å². The second-order valence-electron chi connectivity index (χ2n) is 10.2. The number of benzene rings is 3. The van der Waals surface area contributed by atoms with Crippen LogP contribution in [0, 0.1) is 13.8 Å². The van der Waals surface area contributed by atoms with E-state index in [1.54, 1.807) is 24.3 Å². The van der Waals surface area contributed by atoms with Crippen molar-refractivity contribution in [1.29, 1.82) is 0 Å². The Morgan fingerprint density at radius 2 is 1.64 bits per heavy atom. The van der Waals surface area contributed by atoms with E-state index >= 15 is 0 Å². The van der Waals surface area contributed by atoms with E-state index in [1.165, 1.54) is 7.11 Å². The molecule has 1 saturated heterocycles. The lowest BCUT2D eigenvalue weighted by Crippen LogP contribution is -2.36. The summed E-state index contributed by atoms with van der Waals surface area (Å²) in [6.45, 7) is 7.32. The van der Waals surface area contributed by atoms with E-state index in [9.17, 15) is 19.2 Å². The quantitative estimate of drug-likeness (QED) is 0.274. The minimum atomic E-state index is -0.557. The minimum Gasteiger partial charge on any atom is -0.493 e. The summed E-state index contributed by atoms with van der Waals surface area (Å²) in [7, 11) is 1.47. The highest BCUT2D eigenvalue weighted by Crippen LogP contribution is 2.34. The maximum absolute atomic E-state index is 13.0. The second kappa shape index (κ2) is 13.4. The average molecular weight is 588 g/mol. The topological polar surface area (TPSA) is 114 Å². The largest absolute Gasteiger partial charge is 0.493 e. The van der Waals surface area contributed by atoms with E-state index in [0.717, 1.165) is 39.0 Å². The third-order valence-corrected chi connectivity index (χ3v) is 7.29. The molecule has 10 heteroatoms. The van der Waals surface area contributed by atoms with Gasteiger partial charge in [-0.05, 0) is 90.2 Å². The van der Waals surface area contributed by atoms with Crippen LogP contribution in [-0.4, -0.2) is 48.1 Å². The van der Waals surface area contributed by atoms with Crippen molar-refractivity contribution in [3.05, 3.63) is 87.8 Å². The van der Waals surface area contributed by atoms with Crippen LogP contribution in [0.25, 0.3) is 6.08 Å². The molecule has 4 amide bonds. The van der Waals surface area contributed by atoms with Crippen molar-refractivity contribution in [2.24, 2.45) is 0 Å². The van der Waals surface area contributed by atoms with Crippen molar-refractivity contribution in [2.45, 2.75) is 33.6 Å². The highest BCUT2D eigenvalue weighted by atomic mass is 32.2. The van der Waals surface area contributed by atoms with E-state index in [1.807, 2.05) is 56.3 Å². The van der Waals surface area contributed by atoms with Gasteiger partial charge in [-0.3, -0.25) is 24.1 Å². The summed E-state index contributed by atoms with van der Waals surface area (Å²) in [6.07, 6.45) is 1.55. The molecule has 4 rings (SSSR count). The summed E-state index contributed by atoms with van der Waals surface area (Å²) in [6, 6.07) is 18.2. The van der Waals surface area contributed by atoms with E-state index < -0.39 is 23.6 Å². The number of carbonyl (C=O) groups is 4. The average Bonchev–Trinajstić information content (AvgIpc) is 3.18. The van der Waals surface area contributed by atoms with Gasteiger partial charge in [0.1, 0.15) is 6.54 Å². The number of nitrogens with one attached hydrogen (secondary N) is 2. The Bertz CT molecular complexity index is 1550. The summed E-state index contributed by atoms with van der Waals surface area (Å²) in [4.78, 5) is 51.8. The van der Waals surface area contributed by atoms with Crippen molar-refractivity contribution in [3.8, 4) is 11.5 Å². The van der Waals surface area contributed by atoms with Crippen LogP contribution in [0.2, 0.25) is 0 Å². The summed E-state index contributed by atoms with van der Waals surface area (Å²) in [5, 5.41) is 5.10. The zero-order valence-electron chi connectivity index (χ0n) is 24.1. The Kier molecular flexibility index (Phi) is 9.69. The molecule has 0 bridgehead atoms. The lowest BCUT2D eigenvalue weighted by molar-refractivity contribution is -0.127. The molecule has 3 aromatic rings. The van der Waals surface area contributed by atoms with Crippen molar-refractivity contribution in [1.82, 2.24) is 4.90 Å². The standard InChI is InChI=1S/C32H33N3O6S/c1-19(2)24-8-6-7-9-25(24)34-30(37)18-41-26-11-10-22(15-27(26)40-5)16-28-31(38)35(32(39)42-28)17-29(36)33-23-13-20(3)12-21(4)14-23/h6-16,19H,17-18H2,1-5H3,(H,33,36)(H,34,37)/b28-16-. The van der Waals surface area contributed by atoms with Crippen LogP contribution in [0.4, 0.5) is 16.2 Å². The lowest BCUT2D eigenvalue weighted by Gasteiger charge is -2.15. The van der Waals surface area contributed by atoms with Crippen LogP contribution in [0.15, 0.2) is 65.6 Å². The van der Waals surface area contributed by atoms with Crippen LogP contribution in [-0.2, 0) is 14.4 Å². The predicted octanol–water partition coefficient (Wildman–Crippen LogP) is 6.13. The summed E-state index contributed by atoms with van der Waals surface area (Å²) < 4.78 is 11.2. The maximum Gasteiger partial charge on any atom is 0.294 e. The number of thioether (sulfide) groups is 1. The Morgan fingerprint density at radius 3 is 2.33 bits per heavy atom. The van der Waals surface area contributed by atoms with Crippen molar-refractivity contribution in [3.63, 3.8) is 0 Å². The van der Waals surface area contributed by atoms with Gasteiger partial charge in [-0.15, -0.1) is 0 Å². The minimum absolute atomic E-state index is 0.179. The number of anilines is 2. The molecule has 42 heavy (non-hydrogen) atoms. The number of aryl methyl sites for hydroxylation is 2. The van der Waals surface area contributed by atoms with E-state index in [-0.39, 0.29) is 23.3 Å². The maximum atomic E-state index is 13.0. The molecule has 1 aliphatic heterocycles. The molecular formula is C32H33N3O6S. The molecular weight excluding hydrogens is 554 g/mol. The van der Waals surface area contributed by atoms with Crippen LogP contribution in [0.3, 0.4) is 0 Å². The highest BCUT2D eigenvalue weighted by Gasteiger charge is 2.36. The molecule has 218 valence electrons. The van der Waals surface area contributed by atoms with Gasteiger partial charge in [0.05, 0.1) is 12.0 Å². The molecule has 1 heterocycles. The number of para-hydroxylation sites is 1. The van der Waals surface area contributed by atoms with Crippen molar-refractivity contribution >= 4 is 52.2 Å². The molecule has 0 aromatic heterocycles. The van der Waals surface area contributed by atoms with Gasteiger partial charge in [0, 0.05) is 11.4 Å². The molecule has 0 spiro atoms. The Morgan fingerprint density at radius 1 is 0.929 bits per heavy atom. The normalized spacial score (nSPS) is 14.0. The van der Waals surface area contributed by atoms with Crippen LogP contribution >= 0.6 is 11.8 Å². The van der Waals surface area contributed by atoms with Gasteiger partial charge in [-0.1, -0.05) is 44.2 Å². The summed E-state index contributed by atoms with van der Waals surface area (Å²) >= 11 is 0.759. The van der Waals surface area contributed by atoms with Crippen LogP contribution < -0.4 is 20.1 Å². The number of carbonyl (C=O) groups excluding carboxylic acids is 4. The number of nitrogens with zero attached hydrogens (tertiary/aromatic N) is 1. The van der Waals surface area contributed by atoms with Gasteiger partial charge in [-0.25, -0.2) is 0 Å². The van der Waals surface area contributed by atoms with Gasteiger partial charge >= 0.3 is 0 Å². The molecule has 0 atom stereocenters. The van der Waals surface area contributed by atoms with Gasteiger partial charge in [0.15, 0.2) is 18.1 Å². The van der Waals surface area contributed by atoms with Crippen molar-refractivity contribution < 1.29 is 28.7 Å². The zero-order valence-corrected chi connectivity index (χ0v) is 25.0. The lowest BCUT2D eigenvalue weighted by atomic mass is 10.0. The first-order valence-electron chi connectivity index (χ1n) is 13.4. The monoisotopic (exact) mass is 587 g/mol. The first-order valence-corrected chi connectivity index (χ1v) is 14.2. The Balaban J connectivity index is 1.39. The second-order valence-corrected chi connectivity index (χ2v) is 11.2. The third kappa shape index (κ3) is 7.58. The summed E-state index contributed by atoms with van der Waals surface area (Å²) in [5.41, 5.74) is 4.93. The fraction of sp³-hybridized carbons (Fsp3) is 0.250. The predicted molar refractivity (Wildman–Crippen MR) is 165 cm³/mol. The smallest absolute Gasteiger partial charge is 0.294 e. The van der Waals surface area contributed by atoms with Crippen LogP contribution in [0.1, 0.15) is 42.0 Å². The first kappa shape index (κ1) is 30.4. The number of amides is 4. The molecule has 0 saturated carbocycles. The number of hydrogen-bond donors (Lipinski definition) is 2. The molecule has 2 N–H and O–H groups in total. The highest BCUT2D eigenvalue weighted by molar-refractivity contribution is 8.18. The number of rotatable bonds is 10. The Hall–Kier alpha value is -4.57. The van der Waals surface area contributed by atoms with Gasteiger partial charge < -0.3 is 20.1 Å². The van der Waals surface area contributed by atoms with Gasteiger partial charge in [0.25, 0.3) is 17.1 Å². The fourth-order valence-electron chi connectivity index (χ4n) is 4.52. The number of ether oxygens (including phenoxy) is 2. The van der Waals surface area contributed by atoms with Gasteiger partial charge in [0.2, 0.25) is 5.91 Å². The first-order chi connectivity index (χ1) is 20.0. The number of hydrogen-bond acceptors (Lipinski definition) is 7. The zero-order chi connectivity index (χ0) is 30.4. The molecule has 1 fully saturated rings. The van der Waals surface area contributed by atoms with Crippen molar-refractivity contribution in [2.75, 3.05) is 30.9 Å². The molecule has 0 aliphatic carbocycles. The molecule has 3 aromatic carbocycles. The SMILES string of the molecule is COc1cc(/C=C2\SC(=O)N(CC(=O)Nc3cc(C)cc(C)c3)C2=O)ccc1OCC(=O)Nc1ccccc1C(C)C. The fourth-order valence-corrected chi connectivity index (χ4v) is 5.35. The number of imide groups is 1. The third-order valence-electron chi connectivity index (χ3n) is 6.38. The molecule has 0 unspecified atom stereocenters. The molecule has 9 nitrogen and oxygen atoms in total. The van der Waals surface area contributed by atoms with E-state index in [4.69, 9.17) is 9.47 Å². The number of methoxy groups -OCH3 is 1. The Labute approximate surface area is 249 Å².